The maximum atomic E-state index is 4.55. The second-order valence-electron chi connectivity index (χ2n) is 4.69. The van der Waals surface area contributed by atoms with E-state index >= 15 is 0 Å². The molecular weight excluding hydrogens is 202 g/mol. The summed E-state index contributed by atoms with van der Waals surface area (Å²) in [6.45, 7) is 13.8. The normalized spacial score (nSPS) is 14.6. The first kappa shape index (κ1) is 15.3. The summed E-state index contributed by atoms with van der Waals surface area (Å²) < 4.78 is 0. The zero-order valence-electron chi connectivity index (χ0n) is 11.2. The molecule has 1 nitrogen and oxygen atoms in total. The number of hydrogen-bond donors (Lipinski definition) is 1. The molecule has 0 heterocycles. The topological polar surface area (TPSA) is 3.24 Å². The van der Waals surface area contributed by atoms with Gasteiger partial charge in [-0.2, -0.15) is 12.6 Å². The molecule has 0 radical (unpaired) electrons. The van der Waals surface area contributed by atoms with Crippen LogP contribution in [0.3, 0.4) is 0 Å². The summed E-state index contributed by atoms with van der Waals surface area (Å²) in [5.41, 5.74) is 0.419. The Bertz CT molecular complexity index is 146. The third kappa shape index (κ3) is 4.36. The Morgan fingerprint density at radius 2 is 1.67 bits per heavy atom. The summed E-state index contributed by atoms with van der Waals surface area (Å²) in [7, 11) is 0. The van der Waals surface area contributed by atoms with E-state index in [0.717, 1.165) is 12.3 Å². The van der Waals surface area contributed by atoms with Crippen molar-refractivity contribution in [3.8, 4) is 0 Å². The fourth-order valence-corrected chi connectivity index (χ4v) is 2.56. The molecule has 0 spiro atoms. The number of rotatable bonds is 8. The number of hydrogen-bond acceptors (Lipinski definition) is 2. The number of thiol groups is 1. The zero-order valence-corrected chi connectivity index (χ0v) is 12.1. The van der Waals surface area contributed by atoms with Crippen molar-refractivity contribution in [3.63, 3.8) is 0 Å². The maximum absolute atomic E-state index is 4.55. The molecule has 0 aliphatic carbocycles. The first-order valence-corrected chi connectivity index (χ1v) is 7.07. The van der Waals surface area contributed by atoms with E-state index in [-0.39, 0.29) is 0 Å². The van der Waals surface area contributed by atoms with E-state index in [1.807, 2.05) is 0 Å². The van der Waals surface area contributed by atoms with Gasteiger partial charge in [-0.15, -0.1) is 0 Å². The van der Waals surface area contributed by atoms with Crippen LogP contribution in [0, 0.1) is 5.41 Å². The highest BCUT2D eigenvalue weighted by Crippen LogP contribution is 2.29. The van der Waals surface area contributed by atoms with E-state index in [2.05, 4.69) is 52.1 Å². The van der Waals surface area contributed by atoms with Crippen LogP contribution in [0.15, 0.2) is 0 Å². The molecule has 0 aromatic rings. The Morgan fingerprint density at radius 3 is 1.93 bits per heavy atom. The van der Waals surface area contributed by atoms with Gasteiger partial charge in [0.1, 0.15) is 0 Å². The molecule has 0 saturated carbocycles. The van der Waals surface area contributed by atoms with Crippen LogP contribution in [0.25, 0.3) is 0 Å². The molecule has 0 rings (SSSR count). The van der Waals surface area contributed by atoms with E-state index < -0.39 is 0 Å². The molecule has 0 aromatic carbocycles. The summed E-state index contributed by atoms with van der Waals surface area (Å²) in [6.07, 6.45) is 3.71. The molecule has 0 aliphatic heterocycles. The van der Waals surface area contributed by atoms with Gasteiger partial charge in [0.2, 0.25) is 0 Å². The summed E-state index contributed by atoms with van der Waals surface area (Å²) in [6, 6.07) is 0.701. The van der Waals surface area contributed by atoms with Crippen LogP contribution in [0.2, 0.25) is 0 Å². The van der Waals surface area contributed by atoms with Crippen molar-refractivity contribution in [3.05, 3.63) is 0 Å². The van der Waals surface area contributed by atoms with E-state index in [1.54, 1.807) is 0 Å². The molecular formula is C13H29NS. The smallest absolute Gasteiger partial charge is 0.00644 e. The van der Waals surface area contributed by atoms with Crippen molar-refractivity contribution in [2.24, 2.45) is 5.41 Å². The first-order chi connectivity index (χ1) is 7.09. The second-order valence-corrected chi connectivity index (χ2v) is 5.00. The van der Waals surface area contributed by atoms with Crippen molar-refractivity contribution in [1.29, 1.82) is 0 Å². The van der Waals surface area contributed by atoms with Gasteiger partial charge >= 0.3 is 0 Å². The Morgan fingerprint density at radius 1 is 1.13 bits per heavy atom. The zero-order chi connectivity index (χ0) is 11.9. The van der Waals surface area contributed by atoms with Crippen LogP contribution in [-0.2, 0) is 0 Å². The molecule has 0 bridgehead atoms. The molecule has 15 heavy (non-hydrogen) atoms. The fraction of sp³-hybridized carbons (Fsp3) is 1.00. The Hall–Kier alpha value is 0.310. The minimum atomic E-state index is 0.419. The third-order valence-electron chi connectivity index (χ3n) is 3.99. The summed E-state index contributed by atoms with van der Waals surface area (Å²) in [4.78, 5) is 2.60. The minimum absolute atomic E-state index is 0.419. The fourth-order valence-electron chi connectivity index (χ4n) is 2.02. The lowest BCUT2D eigenvalue weighted by Crippen LogP contribution is -2.42. The van der Waals surface area contributed by atoms with Crippen LogP contribution >= 0.6 is 12.6 Å². The van der Waals surface area contributed by atoms with Crippen LogP contribution in [-0.4, -0.2) is 29.8 Å². The van der Waals surface area contributed by atoms with E-state index in [9.17, 15) is 0 Å². The third-order valence-corrected chi connectivity index (χ3v) is 4.67. The van der Waals surface area contributed by atoms with Crippen LogP contribution in [0.4, 0.5) is 0 Å². The summed E-state index contributed by atoms with van der Waals surface area (Å²) in [5.74, 6) is 1.01. The molecule has 1 unspecified atom stereocenters. The minimum Gasteiger partial charge on any atom is -0.300 e. The van der Waals surface area contributed by atoms with E-state index in [1.165, 1.54) is 25.8 Å². The molecule has 0 fully saturated rings. The van der Waals surface area contributed by atoms with Crippen molar-refractivity contribution in [2.45, 2.75) is 59.9 Å². The standard InChI is InChI=1S/C13H29NS/c1-6-12(5)14(9-4)10-13(7-2,8-3)11-15/h12,15H,6-11H2,1-5H3. The lowest BCUT2D eigenvalue weighted by molar-refractivity contribution is 0.125. The van der Waals surface area contributed by atoms with Crippen LogP contribution in [0.5, 0.6) is 0 Å². The van der Waals surface area contributed by atoms with Gasteiger partial charge in [0.15, 0.2) is 0 Å². The Balaban J connectivity index is 4.47. The average Bonchev–Trinajstić information content (AvgIpc) is 2.31. The van der Waals surface area contributed by atoms with E-state index in [4.69, 9.17) is 0 Å². The molecule has 0 aliphatic rings. The molecule has 1 atom stereocenters. The largest absolute Gasteiger partial charge is 0.300 e. The van der Waals surface area contributed by atoms with Crippen LogP contribution < -0.4 is 0 Å². The Kier molecular flexibility index (Phi) is 7.72. The van der Waals surface area contributed by atoms with Gasteiger partial charge in [0, 0.05) is 12.6 Å². The highest BCUT2D eigenvalue weighted by atomic mass is 32.1. The average molecular weight is 231 g/mol. The summed E-state index contributed by atoms with van der Waals surface area (Å²) >= 11 is 4.55. The number of nitrogens with zero attached hydrogens (tertiary/aromatic N) is 1. The van der Waals surface area contributed by atoms with Gasteiger partial charge in [0.25, 0.3) is 0 Å². The quantitative estimate of drug-likeness (QED) is 0.621. The van der Waals surface area contributed by atoms with Crippen molar-refractivity contribution in [1.82, 2.24) is 4.90 Å². The van der Waals surface area contributed by atoms with Gasteiger partial charge in [-0.3, -0.25) is 0 Å². The second kappa shape index (κ2) is 7.56. The van der Waals surface area contributed by atoms with Crippen LogP contribution in [0.1, 0.15) is 53.9 Å². The van der Waals surface area contributed by atoms with Gasteiger partial charge in [-0.05, 0) is 43.9 Å². The molecule has 2 heteroatoms. The van der Waals surface area contributed by atoms with Gasteiger partial charge in [-0.25, -0.2) is 0 Å². The molecule has 0 N–H and O–H groups in total. The monoisotopic (exact) mass is 231 g/mol. The predicted molar refractivity (Wildman–Crippen MR) is 73.9 cm³/mol. The summed E-state index contributed by atoms with van der Waals surface area (Å²) in [5, 5.41) is 0. The van der Waals surface area contributed by atoms with Crippen molar-refractivity contribution < 1.29 is 0 Å². The molecule has 0 aromatic heterocycles. The van der Waals surface area contributed by atoms with Gasteiger partial charge in [-0.1, -0.05) is 27.7 Å². The molecule has 0 amide bonds. The lowest BCUT2D eigenvalue weighted by Gasteiger charge is -2.38. The highest BCUT2D eigenvalue weighted by molar-refractivity contribution is 7.80. The molecule has 92 valence electrons. The van der Waals surface area contributed by atoms with E-state index in [0.29, 0.717) is 11.5 Å². The van der Waals surface area contributed by atoms with Crippen molar-refractivity contribution >= 4 is 12.6 Å². The lowest BCUT2D eigenvalue weighted by atomic mass is 9.83. The highest BCUT2D eigenvalue weighted by Gasteiger charge is 2.28. The van der Waals surface area contributed by atoms with Gasteiger partial charge in [0.05, 0.1) is 0 Å². The first-order valence-electron chi connectivity index (χ1n) is 6.44. The van der Waals surface area contributed by atoms with Crippen molar-refractivity contribution in [2.75, 3.05) is 18.8 Å². The molecule has 0 saturated heterocycles. The predicted octanol–water partition coefficient (Wildman–Crippen LogP) is 3.84. The Labute approximate surface area is 102 Å². The maximum Gasteiger partial charge on any atom is 0.00644 e. The van der Waals surface area contributed by atoms with Gasteiger partial charge < -0.3 is 4.90 Å². The SMILES string of the molecule is CCC(C)N(CC)CC(CC)(CC)CS.